The van der Waals surface area contributed by atoms with Gasteiger partial charge in [-0.25, -0.2) is 4.39 Å². The van der Waals surface area contributed by atoms with Crippen molar-refractivity contribution in [2.45, 2.75) is 12.0 Å². The van der Waals surface area contributed by atoms with E-state index in [1.807, 2.05) is 11.8 Å². The zero-order chi connectivity index (χ0) is 13.0. The maximum atomic E-state index is 12.7. The predicted octanol–water partition coefficient (Wildman–Crippen LogP) is 2.08. The molecule has 1 aromatic carbocycles. The Morgan fingerprint density at radius 2 is 2.22 bits per heavy atom. The highest BCUT2D eigenvalue weighted by Gasteiger charge is 2.34. The summed E-state index contributed by atoms with van der Waals surface area (Å²) in [6, 6.07) is 5.53. The number of nitrogens with one attached hydrogen (secondary N) is 1. The molecule has 0 radical (unpaired) electrons. The van der Waals surface area contributed by atoms with E-state index in [2.05, 4.69) is 5.32 Å². The zero-order valence-electron chi connectivity index (χ0n) is 10.2. The molecule has 1 fully saturated rings. The van der Waals surface area contributed by atoms with Crippen LogP contribution in [-0.2, 0) is 4.74 Å². The lowest BCUT2D eigenvalue weighted by molar-refractivity contribution is 0.0137. The van der Waals surface area contributed by atoms with E-state index in [1.165, 1.54) is 24.3 Å². The Morgan fingerprint density at radius 3 is 2.78 bits per heavy atom. The second kappa shape index (κ2) is 5.71. The van der Waals surface area contributed by atoms with Crippen LogP contribution in [0.5, 0.6) is 0 Å². The third-order valence-corrected chi connectivity index (χ3v) is 4.40. The van der Waals surface area contributed by atoms with E-state index in [0.29, 0.717) is 12.1 Å². The van der Waals surface area contributed by atoms with Crippen LogP contribution in [0.25, 0.3) is 0 Å². The number of rotatable bonds is 4. The van der Waals surface area contributed by atoms with Gasteiger partial charge in [0.2, 0.25) is 0 Å². The molecule has 1 aliphatic heterocycles. The smallest absolute Gasteiger partial charge is 0.251 e. The van der Waals surface area contributed by atoms with Crippen molar-refractivity contribution in [3.63, 3.8) is 0 Å². The van der Waals surface area contributed by atoms with Gasteiger partial charge in [0, 0.05) is 25.0 Å². The van der Waals surface area contributed by atoms with E-state index in [1.54, 1.807) is 7.11 Å². The van der Waals surface area contributed by atoms with E-state index in [9.17, 15) is 9.18 Å². The molecule has 1 heterocycles. The molecule has 0 bridgehead atoms. The van der Waals surface area contributed by atoms with Gasteiger partial charge in [-0.3, -0.25) is 4.79 Å². The first-order valence-corrected chi connectivity index (χ1v) is 6.97. The molecule has 1 amide bonds. The van der Waals surface area contributed by atoms with Crippen LogP contribution in [0.15, 0.2) is 24.3 Å². The number of thioether (sulfide) groups is 1. The summed E-state index contributed by atoms with van der Waals surface area (Å²) in [5.74, 6) is 1.42. The molecule has 0 aromatic heterocycles. The van der Waals surface area contributed by atoms with Crippen molar-refractivity contribution in [1.82, 2.24) is 5.32 Å². The number of hydrogen-bond donors (Lipinski definition) is 1. The second-order valence-electron chi connectivity index (χ2n) is 4.38. The molecule has 1 unspecified atom stereocenters. The van der Waals surface area contributed by atoms with Crippen molar-refractivity contribution < 1.29 is 13.9 Å². The minimum atomic E-state index is -0.341. The van der Waals surface area contributed by atoms with E-state index < -0.39 is 0 Å². The molecular weight excluding hydrogens is 253 g/mol. The molecule has 98 valence electrons. The summed E-state index contributed by atoms with van der Waals surface area (Å²) in [6.45, 7) is 0.493. The van der Waals surface area contributed by atoms with Gasteiger partial charge in [-0.15, -0.1) is 0 Å². The minimum Gasteiger partial charge on any atom is -0.376 e. The number of halogens is 1. The van der Waals surface area contributed by atoms with Gasteiger partial charge in [0.1, 0.15) is 5.82 Å². The Balaban J connectivity index is 1.93. The van der Waals surface area contributed by atoms with Crippen LogP contribution in [0.4, 0.5) is 4.39 Å². The van der Waals surface area contributed by atoms with Gasteiger partial charge in [-0.2, -0.15) is 11.8 Å². The first-order chi connectivity index (χ1) is 8.65. The molecular formula is C13H16FNO2S. The Kier molecular flexibility index (Phi) is 4.24. The number of carbonyl (C=O) groups is 1. The molecule has 0 saturated carbocycles. The summed E-state index contributed by atoms with van der Waals surface area (Å²) in [7, 11) is 1.68. The van der Waals surface area contributed by atoms with Crippen LogP contribution >= 0.6 is 11.8 Å². The standard InChI is InChI=1S/C13H16FNO2S/c1-17-13(6-7-18-9-13)8-15-12(16)10-2-4-11(14)5-3-10/h2-5H,6-9H2,1H3,(H,15,16). The number of benzene rings is 1. The van der Waals surface area contributed by atoms with Crippen molar-refractivity contribution in [3.05, 3.63) is 35.6 Å². The number of ether oxygens (including phenoxy) is 1. The third-order valence-electron chi connectivity index (χ3n) is 3.18. The fourth-order valence-corrected chi connectivity index (χ4v) is 3.30. The molecule has 1 atom stereocenters. The van der Waals surface area contributed by atoms with Crippen molar-refractivity contribution in [3.8, 4) is 0 Å². The largest absolute Gasteiger partial charge is 0.376 e. The van der Waals surface area contributed by atoms with Crippen molar-refractivity contribution in [2.75, 3.05) is 25.2 Å². The lowest BCUT2D eigenvalue weighted by atomic mass is 10.0. The highest BCUT2D eigenvalue weighted by molar-refractivity contribution is 7.99. The summed E-state index contributed by atoms with van der Waals surface area (Å²) in [4.78, 5) is 11.9. The SMILES string of the molecule is COC1(CNC(=O)c2ccc(F)cc2)CCSC1. The molecule has 1 saturated heterocycles. The summed E-state index contributed by atoms with van der Waals surface area (Å²) in [6.07, 6.45) is 0.942. The highest BCUT2D eigenvalue weighted by atomic mass is 32.2. The lowest BCUT2D eigenvalue weighted by Gasteiger charge is -2.26. The van der Waals surface area contributed by atoms with Crippen LogP contribution < -0.4 is 5.32 Å². The molecule has 3 nitrogen and oxygen atoms in total. The molecule has 1 N–H and O–H groups in total. The molecule has 1 aromatic rings. The van der Waals surface area contributed by atoms with E-state index >= 15 is 0 Å². The molecule has 18 heavy (non-hydrogen) atoms. The quantitative estimate of drug-likeness (QED) is 0.909. The van der Waals surface area contributed by atoms with E-state index in [4.69, 9.17) is 4.74 Å². The minimum absolute atomic E-state index is 0.191. The monoisotopic (exact) mass is 269 g/mol. The Labute approximate surface area is 110 Å². The number of methoxy groups -OCH3 is 1. The number of hydrogen-bond acceptors (Lipinski definition) is 3. The predicted molar refractivity (Wildman–Crippen MR) is 70.4 cm³/mol. The van der Waals surface area contributed by atoms with Gasteiger partial charge in [-0.05, 0) is 36.4 Å². The Bertz CT molecular complexity index is 416. The topological polar surface area (TPSA) is 38.3 Å². The maximum absolute atomic E-state index is 12.7. The third kappa shape index (κ3) is 3.03. The first kappa shape index (κ1) is 13.4. The molecule has 2 rings (SSSR count). The van der Waals surface area contributed by atoms with Crippen molar-refractivity contribution in [2.24, 2.45) is 0 Å². The van der Waals surface area contributed by atoms with Gasteiger partial charge in [-0.1, -0.05) is 0 Å². The summed E-state index contributed by atoms with van der Waals surface area (Å²) in [5, 5.41) is 2.85. The summed E-state index contributed by atoms with van der Waals surface area (Å²) in [5.41, 5.74) is 0.216. The second-order valence-corrected chi connectivity index (χ2v) is 5.48. The zero-order valence-corrected chi connectivity index (χ0v) is 11.1. The van der Waals surface area contributed by atoms with Gasteiger partial charge < -0.3 is 10.1 Å². The highest BCUT2D eigenvalue weighted by Crippen LogP contribution is 2.30. The van der Waals surface area contributed by atoms with Gasteiger partial charge in [0.05, 0.1) is 5.60 Å². The maximum Gasteiger partial charge on any atom is 0.251 e. The van der Waals surface area contributed by atoms with Crippen LogP contribution in [0.2, 0.25) is 0 Å². The van der Waals surface area contributed by atoms with Crippen LogP contribution in [0.3, 0.4) is 0 Å². The average Bonchev–Trinajstić information content (AvgIpc) is 2.86. The van der Waals surface area contributed by atoms with Crippen molar-refractivity contribution in [1.29, 1.82) is 0 Å². The van der Waals surface area contributed by atoms with Crippen LogP contribution in [0, 0.1) is 5.82 Å². The fraction of sp³-hybridized carbons (Fsp3) is 0.462. The number of amides is 1. The van der Waals surface area contributed by atoms with Crippen molar-refractivity contribution >= 4 is 17.7 Å². The van der Waals surface area contributed by atoms with Crippen LogP contribution in [-0.4, -0.2) is 36.7 Å². The summed E-state index contributed by atoms with van der Waals surface area (Å²) < 4.78 is 18.3. The van der Waals surface area contributed by atoms with Crippen LogP contribution in [0.1, 0.15) is 16.8 Å². The summed E-state index contributed by atoms with van der Waals surface area (Å²) >= 11 is 1.83. The van der Waals surface area contributed by atoms with Gasteiger partial charge in [0.15, 0.2) is 0 Å². The van der Waals surface area contributed by atoms with Gasteiger partial charge >= 0.3 is 0 Å². The molecule has 1 aliphatic rings. The first-order valence-electron chi connectivity index (χ1n) is 5.82. The lowest BCUT2D eigenvalue weighted by Crippen LogP contribution is -2.44. The number of carbonyl (C=O) groups excluding carboxylic acids is 1. The molecule has 0 spiro atoms. The normalized spacial score (nSPS) is 23.0. The van der Waals surface area contributed by atoms with Gasteiger partial charge in [0.25, 0.3) is 5.91 Å². The fourth-order valence-electron chi connectivity index (χ4n) is 1.91. The Hall–Kier alpha value is -1.07. The molecule has 5 heteroatoms. The Morgan fingerprint density at radius 1 is 1.50 bits per heavy atom. The average molecular weight is 269 g/mol. The van der Waals surface area contributed by atoms with E-state index in [0.717, 1.165) is 17.9 Å². The molecule has 0 aliphatic carbocycles. The van der Waals surface area contributed by atoms with E-state index in [-0.39, 0.29) is 17.3 Å².